The SMILES string of the molecule is COc1ccc(S(=O)(=O)N2CCc3ccccc32)cc1C(=O)OCC(=O)NC(=O)[C@@H]1COc2ccccc2O1. The lowest BCUT2D eigenvalue weighted by atomic mass is 10.2. The molecule has 12 heteroatoms. The van der Waals surface area contributed by atoms with Gasteiger partial charge in [-0.25, -0.2) is 13.2 Å². The zero-order valence-corrected chi connectivity index (χ0v) is 21.6. The number of ether oxygens (including phenoxy) is 4. The monoisotopic (exact) mass is 552 g/mol. The predicted molar refractivity (Wildman–Crippen MR) is 137 cm³/mol. The zero-order chi connectivity index (χ0) is 27.6. The molecule has 0 unspecified atom stereocenters. The number of hydrogen-bond donors (Lipinski definition) is 1. The van der Waals surface area contributed by atoms with Crippen LogP contribution in [0.15, 0.2) is 71.6 Å². The van der Waals surface area contributed by atoms with Crippen LogP contribution in [0.4, 0.5) is 5.69 Å². The van der Waals surface area contributed by atoms with E-state index in [0.717, 1.165) is 11.6 Å². The summed E-state index contributed by atoms with van der Waals surface area (Å²) in [5, 5.41) is 2.10. The van der Waals surface area contributed by atoms with Gasteiger partial charge in [-0.2, -0.15) is 0 Å². The summed E-state index contributed by atoms with van der Waals surface area (Å²) in [6.45, 7) is -0.632. The highest BCUT2D eigenvalue weighted by molar-refractivity contribution is 7.92. The van der Waals surface area contributed by atoms with E-state index in [2.05, 4.69) is 5.32 Å². The summed E-state index contributed by atoms with van der Waals surface area (Å²) < 4.78 is 49.4. The van der Waals surface area contributed by atoms with Gasteiger partial charge in [0.15, 0.2) is 18.1 Å². The summed E-state index contributed by atoms with van der Waals surface area (Å²) in [6, 6.07) is 17.8. The van der Waals surface area contributed by atoms with Crippen molar-refractivity contribution in [2.45, 2.75) is 17.4 Å². The molecule has 1 atom stereocenters. The molecule has 3 aromatic carbocycles. The summed E-state index contributed by atoms with van der Waals surface area (Å²) in [7, 11) is -2.68. The first kappa shape index (κ1) is 26.0. The molecule has 2 aliphatic heterocycles. The van der Waals surface area contributed by atoms with Crippen molar-refractivity contribution < 1.29 is 41.7 Å². The Labute approximate surface area is 224 Å². The van der Waals surface area contributed by atoms with Gasteiger partial charge in [-0.15, -0.1) is 0 Å². The van der Waals surface area contributed by atoms with E-state index in [1.807, 2.05) is 12.1 Å². The van der Waals surface area contributed by atoms with E-state index in [9.17, 15) is 22.8 Å². The van der Waals surface area contributed by atoms with E-state index in [1.165, 1.54) is 23.5 Å². The van der Waals surface area contributed by atoms with Gasteiger partial charge in [-0.1, -0.05) is 30.3 Å². The molecular formula is C27H24N2O9S. The third kappa shape index (κ3) is 5.23. The first-order chi connectivity index (χ1) is 18.8. The average molecular weight is 553 g/mol. The molecule has 2 heterocycles. The minimum atomic E-state index is -3.99. The Kier molecular flexibility index (Phi) is 7.11. The Morgan fingerprint density at radius 3 is 2.56 bits per heavy atom. The van der Waals surface area contributed by atoms with Gasteiger partial charge in [0, 0.05) is 6.54 Å². The second-order valence-corrected chi connectivity index (χ2v) is 10.5. The highest BCUT2D eigenvalue weighted by atomic mass is 32.2. The number of para-hydroxylation sites is 3. The van der Waals surface area contributed by atoms with Crippen LogP contribution in [0.2, 0.25) is 0 Å². The van der Waals surface area contributed by atoms with Gasteiger partial charge in [0.05, 0.1) is 17.7 Å². The molecule has 3 aromatic rings. The number of benzene rings is 3. The molecule has 0 radical (unpaired) electrons. The minimum absolute atomic E-state index is 0.0590. The zero-order valence-electron chi connectivity index (χ0n) is 20.8. The van der Waals surface area contributed by atoms with Crippen LogP contribution in [0.1, 0.15) is 15.9 Å². The molecular weight excluding hydrogens is 528 g/mol. The third-order valence-corrected chi connectivity index (χ3v) is 8.03. The molecule has 0 fully saturated rings. The smallest absolute Gasteiger partial charge is 0.342 e. The fourth-order valence-electron chi connectivity index (χ4n) is 4.30. The highest BCUT2D eigenvalue weighted by Gasteiger charge is 2.32. The number of anilines is 1. The lowest BCUT2D eigenvalue weighted by Crippen LogP contribution is -2.47. The molecule has 0 saturated heterocycles. The van der Waals surface area contributed by atoms with Crippen molar-refractivity contribution in [3.8, 4) is 17.2 Å². The summed E-state index contributed by atoms with van der Waals surface area (Å²) in [5.41, 5.74) is 1.30. The Morgan fingerprint density at radius 1 is 1.03 bits per heavy atom. The standard InChI is InChI=1S/C27H24N2O9S/c1-35-21-11-10-18(39(33,34)29-13-12-17-6-2-3-7-20(17)29)14-19(21)27(32)37-16-25(30)28-26(31)24-15-36-22-8-4-5-9-23(22)38-24/h2-11,14,24H,12-13,15-16H2,1H3,(H,28,30,31)/t24-/m0/s1. The molecule has 2 amide bonds. The van der Waals surface area contributed by atoms with Gasteiger partial charge in [-0.3, -0.25) is 19.2 Å². The van der Waals surface area contributed by atoms with Crippen molar-refractivity contribution in [1.29, 1.82) is 0 Å². The van der Waals surface area contributed by atoms with Gasteiger partial charge < -0.3 is 18.9 Å². The van der Waals surface area contributed by atoms with Crippen molar-refractivity contribution in [1.82, 2.24) is 5.32 Å². The van der Waals surface area contributed by atoms with Crippen LogP contribution in [0.25, 0.3) is 0 Å². The first-order valence-electron chi connectivity index (χ1n) is 12.0. The Bertz CT molecular complexity index is 1550. The molecule has 0 aliphatic carbocycles. The summed E-state index contributed by atoms with van der Waals surface area (Å²) in [6.07, 6.45) is -0.504. The van der Waals surface area contributed by atoms with E-state index >= 15 is 0 Å². The number of amides is 2. The minimum Gasteiger partial charge on any atom is -0.496 e. The third-order valence-electron chi connectivity index (χ3n) is 6.22. The summed E-state index contributed by atoms with van der Waals surface area (Å²) in [5.74, 6) is -1.76. The molecule has 2 aliphatic rings. The second-order valence-electron chi connectivity index (χ2n) is 8.67. The molecule has 0 spiro atoms. The molecule has 0 aromatic heterocycles. The van der Waals surface area contributed by atoms with Gasteiger partial charge in [0.2, 0.25) is 6.10 Å². The predicted octanol–water partition coefficient (Wildman–Crippen LogP) is 2.09. The Balaban J connectivity index is 1.24. The summed E-state index contributed by atoms with van der Waals surface area (Å²) >= 11 is 0. The van der Waals surface area contributed by atoms with Crippen LogP contribution in [0.5, 0.6) is 17.2 Å². The lowest BCUT2D eigenvalue weighted by Gasteiger charge is -2.25. The van der Waals surface area contributed by atoms with Crippen molar-refractivity contribution in [3.63, 3.8) is 0 Å². The van der Waals surface area contributed by atoms with Crippen LogP contribution in [0.3, 0.4) is 0 Å². The number of imide groups is 1. The number of nitrogens with zero attached hydrogens (tertiary/aromatic N) is 1. The topological polar surface area (TPSA) is 138 Å². The maximum absolute atomic E-state index is 13.4. The second kappa shape index (κ2) is 10.7. The van der Waals surface area contributed by atoms with E-state index in [4.69, 9.17) is 18.9 Å². The molecule has 1 N–H and O–H groups in total. The van der Waals surface area contributed by atoms with Crippen LogP contribution < -0.4 is 23.8 Å². The van der Waals surface area contributed by atoms with Gasteiger partial charge in [0.25, 0.3) is 21.8 Å². The van der Waals surface area contributed by atoms with Gasteiger partial charge in [-0.05, 0) is 48.4 Å². The first-order valence-corrected chi connectivity index (χ1v) is 13.4. The van der Waals surface area contributed by atoms with Crippen LogP contribution >= 0.6 is 0 Å². The van der Waals surface area contributed by atoms with Crippen LogP contribution in [-0.4, -0.2) is 59.2 Å². The largest absolute Gasteiger partial charge is 0.496 e. The Hall–Kier alpha value is -4.58. The fourth-order valence-corrected chi connectivity index (χ4v) is 5.83. The number of methoxy groups -OCH3 is 1. The Morgan fingerprint density at radius 2 is 1.77 bits per heavy atom. The maximum atomic E-state index is 13.4. The van der Waals surface area contributed by atoms with Crippen molar-refractivity contribution in [3.05, 3.63) is 77.9 Å². The number of sulfonamides is 1. The normalized spacial score (nSPS) is 15.7. The maximum Gasteiger partial charge on any atom is 0.342 e. The van der Waals surface area contributed by atoms with E-state index in [-0.39, 0.29) is 29.4 Å². The molecule has 11 nitrogen and oxygen atoms in total. The van der Waals surface area contributed by atoms with Crippen LogP contribution in [-0.2, 0) is 30.8 Å². The number of hydrogen-bond acceptors (Lipinski definition) is 9. The van der Waals surface area contributed by atoms with Crippen molar-refractivity contribution in [2.75, 3.05) is 31.2 Å². The number of carbonyl (C=O) groups excluding carboxylic acids is 3. The lowest BCUT2D eigenvalue weighted by molar-refractivity contribution is -0.137. The fraction of sp³-hybridized carbons (Fsp3) is 0.222. The number of rotatable bonds is 7. The molecule has 0 saturated carbocycles. The highest BCUT2D eigenvalue weighted by Crippen LogP contribution is 2.34. The number of esters is 1. The number of carbonyl (C=O) groups is 3. The summed E-state index contributed by atoms with van der Waals surface area (Å²) in [4.78, 5) is 37.4. The van der Waals surface area contributed by atoms with Crippen LogP contribution in [0, 0.1) is 0 Å². The molecule has 5 rings (SSSR count). The van der Waals surface area contributed by atoms with E-state index in [0.29, 0.717) is 23.6 Å². The average Bonchev–Trinajstić information content (AvgIpc) is 3.40. The molecule has 39 heavy (non-hydrogen) atoms. The molecule has 202 valence electrons. The van der Waals surface area contributed by atoms with Crippen molar-refractivity contribution >= 4 is 33.5 Å². The van der Waals surface area contributed by atoms with E-state index in [1.54, 1.807) is 36.4 Å². The number of nitrogens with one attached hydrogen (secondary N) is 1. The quantitative estimate of drug-likeness (QED) is 0.437. The molecule has 0 bridgehead atoms. The van der Waals surface area contributed by atoms with E-state index < -0.39 is 40.5 Å². The van der Waals surface area contributed by atoms with Gasteiger partial charge >= 0.3 is 5.97 Å². The number of fused-ring (bicyclic) bond motifs is 2. The van der Waals surface area contributed by atoms with Gasteiger partial charge in [0.1, 0.15) is 17.9 Å². The van der Waals surface area contributed by atoms with Crippen molar-refractivity contribution in [2.24, 2.45) is 0 Å².